The molecule has 0 radical (unpaired) electrons. The number of ether oxygens (including phenoxy) is 4. The second-order valence-electron chi connectivity index (χ2n) is 5.88. The molecule has 2 aliphatic rings. The van der Waals surface area contributed by atoms with Crippen molar-refractivity contribution in [2.75, 3.05) is 46.5 Å². The molecule has 0 bridgehead atoms. The molecule has 0 aromatic heterocycles. The monoisotopic (exact) mass is 288 g/mol. The Bertz CT molecular complexity index is 341. The van der Waals surface area contributed by atoms with Crippen molar-refractivity contribution in [1.29, 1.82) is 0 Å². The molecule has 0 unspecified atom stereocenters. The van der Waals surface area contributed by atoms with Crippen LogP contribution in [-0.2, 0) is 18.9 Å². The van der Waals surface area contributed by atoms with Crippen LogP contribution in [0.15, 0.2) is 0 Å². The summed E-state index contributed by atoms with van der Waals surface area (Å²) in [7, 11) is 1.56. The summed E-state index contributed by atoms with van der Waals surface area (Å²) in [5, 5.41) is 0. The molecule has 7 nitrogen and oxygen atoms in total. The molecule has 116 valence electrons. The van der Waals surface area contributed by atoms with Gasteiger partial charge in [-0.1, -0.05) is 0 Å². The van der Waals surface area contributed by atoms with Crippen LogP contribution in [0, 0.1) is 0 Å². The zero-order chi connectivity index (χ0) is 14.8. The second-order valence-corrected chi connectivity index (χ2v) is 5.88. The maximum Gasteiger partial charge on any atom is 0.410 e. The highest BCUT2D eigenvalue weighted by Crippen LogP contribution is 2.26. The van der Waals surface area contributed by atoms with Gasteiger partial charge in [-0.3, -0.25) is 0 Å². The minimum atomic E-state index is -1.08. The molecule has 1 amide bonds. The zero-order valence-corrected chi connectivity index (χ0v) is 12.7. The van der Waals surface area contributed by atoms with Crippen LogP contribution in [0.1, 0.15) is 20.8 Å². The van der Waals surface area contributed by atoms with E-state index in [1.54, 1.807) is 12.0 Å². The Morgan fingerprint density at radius 2 is 1.65 bits per heavy atom. The van der Waals surface area contributed by atoms with Gasteiger partial charge in [0.2, 0.25) is 0 Å². The van der Waals surface area contributed by atoms with Crippen molar-refractivity contribution in [1.82, 2.24) is 9.80 Å². The predicted octanol–water partition coefficient (Wildman–Crippen LogP) is 0.844. The van der Waals surface area contributed by atoms with Crippen molar-refractivity contribution in [2.45, 2.75) is 32.5 Å². The molecule has 0 atom stereocenters. The number of nitrogens with zero attached hydrogens (tertiary/aromatic N) is 2. The second kappa shape index (κ2) is 5.85. The van der Waals surface area contributed by atoms with Crippen molar-refractivity contribution in [3.8, 4) is 0 Å². The highest BCUT2D eigenvalue weighted by molar-refractivity contribution is 5.68. The molecule has 2 heterocycles. The van der Waals surface area contributed by atoms with E-state index in [1.807, 2.05) is 25.7 Å². The van der Waals surface area contributed by atoms with Crippen molar-refractivity contribution < 1.29 is 23.7 Å². The summed E-state index contributed by atoms with van der Waals surface area (Å²) >= 11 is 0. The number of hydrogen-bond acceptors (Lipinski definition) is 6. The van der Waals surface area contributed by atoms with Crippen LogP contribution in [0.5, 0.6) is 0 Å². The van der Waals surface area contributed by atoms with E-state index in [0.29, 0.717) is 39.4 Å². The van der Waals surface area contributed by atoms with Crippen LogP contribution in [0.4, 0.5) is 4.79 Å². The van der Waals surface area contributed by atoms with E-state index in [1.165, 1.54) is 0 Å². The first kappa shape index (κ1) is 15.5. The standard InChI is InChI=1S/C13H24N2O5/c1-12(2,3)20-11(16)14-5-7-15(8-6-14)13(17-4)18-9-10-19-13/h5-10H2,1-4H3. The smallest absolute Gasteiger partial charge is 0.410 e. The number of rotatable bonds is 2. The first-order valence-electron chi connectivity index (χ1n) is 6.92. The van der Waals surface area contributed by atoms with Gasteiger partial charge in [0.05, 0.1) is 13.2 Å². The molecule has 2 saturated heterocycles. The lowest BCUT2D eigenvalue weighted by Crippen LogP contribution is -2.59. The minimum Gasteiger partial charge on any atom is -0.444 e. The van der Waals surface area contributed by atoms with E-state index in [4.69, 9.17) is 18.9 Å². The van der Waals surface area contributed by atoms with Gasteiger partial charge in [0.1, 0.15) is 5.60 Å². The summed E-state index contributed by atoms with van der Waals surface area (Å²) in [6.45, 7) is 8.98. The van der Waals surface area contributed by atoms with E-state index in [9.17, 15) is 4.79 Å². The third kappa shape index (κ3) is 3.41. The van der Waals surface area contributed by atoms with E-state index >= 15 is 0 Å². The van der Waals surface area contributed by atoms with E-state index < -0.39 is 11.7 Å². The minimum absolute atomic E-state index is 0.281. The van der Waals surface area contributed by atoms with Gasteiger partial charge in [0, 0.05) is 33.3 Å². The van der Waals surface area contributed by atoms with E-state index in [2.05, 4.69) is 0 Å². The summed E-state index contributed by atoms with van der Waals surface area (Å²) in [4.78, 5) is 15.6. The highest BCUT2D eigenvalue weighted by atomic mass is 16.9. The summed E-state index contributed by atoms with van der Waals surface area (Å²) in [5.74, 6) is 0. The fourth-order valence-corrected chi connectivity index (χ4v) is 2.30. The van der Waals surface area contributed by atoms with Crippen LogP contribution in [0.25, 0.3) is 0 Å². The SMILES string of the molecule is COC1(N2CCN(C(=O)OC(C)(C)C)CC2)OCCO1. The normalized spacial score (nSPS) is 23.9. The molecule has 2 fully saturated rings. The molecular formula is C13H24N2O5. The molecule has 7 heteroatoms. The lowest BCUT2D eigenvalue weighted by molar-refractivity contribution is -0.399. The van der Waals surface area contributed by atoms with Gasteiger partial charge < -0.3 is 23.8 Å². The molecule has 0 aliphatic carbocycles. The summed E-state index contributed by atoms with van der Waals surface area (Å²) < 4.78 is 21.8. The van der Waals surface area contributed by atoms with Gasteiger partial charge >= 0.3 is 12.2 Å². The zero-order valence-electron chi connectivity index (χ0n) is 12.7. The molecule has 2 rings (SSSR count). The summed E-state index contributed by atoms with van der Waals surface area (Å²) in [6, 6.07) is 0. The topological polar surface area (TPSA) is 60.5 Å². The maximum absolute atomic E-state index is 12.0. The quantitative estimate of drug-likeness (QED) is 0.750. The van der Waals surface area contributed by atoms with Crippen LogP contribution in [0.2, 0.25) is 0 Å². The molecular weight excluding hydrogens is 264 g/mol. The average molecular weight is 288 g/mol. The molecule has 20 heavy (non-hydrogen) atoms. The average Bonchev–Trinajstić information content (AvgIpc) is 2.87. The van der Waals surface area contributed by atoms with Crippen molar-refractivity contribution in [3.63, 3.8) is 0 Å². The first-order valence-corrected chi connectivity index (χ1v) is 6.92. The highest BCUT2D eigenvalue weighted by Gasteiger charge is 2.45. The van der Waals surface area contributed by atoms with Crippen molar-refractivity contribution >= 4 is 6.09 Å². The van der Waals surface area contributed by atoms with Crippen molar-refractivity contribution in [2.24, 2.45) is 0 Å². The lowest BCUT2D eigenvalue weighted by Gasteiger charge is -2.42. The van der Waals surface area contributed by atoms with Gasteiger partial charge in [-0.2, -0.15) is 0 Å². The van der Waals surface area contributed by atoms with Gasteiger partial charge in [-0.25, -0.2) is 9.69 Å². The van der Waals surface area contributed by atoms with Crippen LogP contribution in [0.3, 0.4) is 0 Å². The Hall–Kier alpha value is -0.890. The Labute approximate surface area is 119 Å². The number of hydrogen-bond donors (Lipinski definition) is 0. The molecule has 0 aromatic rings. The summed E-state index contributed by atoms with van der Waals surface area (Å²) in [5.41, 5.74) is -0.473. The van der Waals surface area contributed by atoms with Crippen LogP contribution in [-0.4, -0.2) is 74.1 Å². The number of methoxy groups -OCH3 is 1. The molecule has 0 spiro atoms. The van der Waals surface area contributed by atoms with Gasteiger partial charge in [0.25, 0.3) is 0 Å². The fraction of sp³-hybridized carbons (Fsp3) is 0.923. The first-order chi connectivity index (χ1) is 9.36. The Kier molecular flexibility index (Phi) is 4.53. The van der Waals surface area contributed by atoms with Crippen LogP contribution < -0.4 is 0 Å². The van der Waals surface area contributed by atoms with E-state index in [-0.39, 0.29) is 6.09 Å². The van der Waals surface area contributed by atoms with Gasteiger partial charge in [-0.05, 0) is 20.8 Å². The van der Waals surface area contributed by atoms with Gasteiger partial charge in [0.15, 0.2) is 0 Å². The van der Waals surface area contributed by atoms with Gasteiger partial charge in [-0.15, -0.1) is 0 Å². The molecule has 0 saturated carbocycles. The lowest BCUT2D eigenvalue weighted by atomic mass is 10.2. The molecule has 0 aromatic carbocycles. The number of carbonyl (C=O) groups is 1. The number of carbonyl (C=O) groups excluding carboxylic acids is 1. The molecule has 2 aliphatic heterocycles. The Morgan fingerprint density at radius 3 is 2.10 bits per heavy atom. The van der Waals surface area contributed by atoms with Crippen molar-refractivity contribution in [3.05, 3.63) is 0 Å². The van der Waals surface area contributed by atoms with Crippen LogP contribution >= 0.6 is 0 Å². The number of piperazine rings is 1. The predicted molar refractivity (Wildman–Crippen MR) is 71.0 cm³/mol. The fourth-order valence-electron chi connectivity index (χ4n) is 2.30. The Balaban J connectivity index is 1.87. The number of amides is 1. The molecule has 0 N–H and O–H groups in total. The van der Waals surface area contributed by atoms with E-state index in [0.717, 1.165) is 0 Å². The largest absolute Gasteiger partial charge is 0.444 e. The maximum atomic E-state index is 12.0. The third-order valence-corrected chi connectivity index (χ3v) is 3.23. The Morgan fingerprint density at radius 1 is 1.10 bits per heavy atom. The summed E-state index contributed by atoms with van der Waals surface area (Å²) in [6.07, 6.45) is -1.36. The third-order valence-electron chi connectivity index (χ3n) is 3.23.